The van der Waals surface area contributed by atoms with Gasteiger partial charge in [0.1, 0.15) is 0 Å². The van der Waals surface area contributed by atoms with Crippen LogP contribution in [0, 0.1) is 5.92 Å². The van der Waals surface area contributed by atoms with E-state index in [-0.39, 0.29) is 10.6 Å². The Bertz CT molecular complexity index is 929. The Kier molecular flexibility index (Phi) is 4.94. The topological polar surface area (TPSA) is 107 Å². The fraction of sp³-hybridized carbons (Fsp3) is 0.222. The van der Waals surface area contributed by atoms with Crippen molar-refractivity contribution >= 4 is 45.9 Å². The fourth-order valence-corrected chi connectivity index (χ4v) is 3.34. The van der Waals surface area contributed by atoms with Crippen molar-refractivity contribution in [3.05, 3.63) is 58.1 Å². The summed E-state index contributed by atoms with van der Waals surface area (Å²) in [6.45, 7) is 0. The number of carboxylic acids is 1. The number of halogens is 2. The van der Waals surface area contributed by atoms with Gasteiger partial charge >= 0.3 is 5.97 Å². The normalized spacial score (nSPS) is 25.6. The van der Waals surface area contributed by atoms with Gasteiger partial charge in [0, 0.05) is 17.0 Å². The van der Waals surface area contributed by atoms with E-state index in [0.29, 0.717) is 5.02 Å². The maximum Gasteiger partial charge on any atom is 0.309 e. The van der Waals surface area contributed by atoms with E-state index in [1.165, 1.54) is 0 Å². The zero-order valence-corrected chi connectivity index (χ0v) is 14.8. The van der Waals surface area contributed by atoms with Gasteiger partial charge in [-0.25, -0.2) is 0 Å². The molecule has 1 aliphatic rings. The number of carbonyl (C=O) groups is 2. The zero-order chi connectivity index (χ0) is 19.1. The molecule has 6 nitrogen and oxygen atoms in total. The van der Waals surface area contributed by atoms with Crippen molar-refractivity contribution in [3.8, 4) is 0 Å². The molecule has 3 rings (SSSR count). The van der Waals surface area contributed by atoms with Crippen LogP contribution >= 0.6 is 23.2 Å². The van der Waals surface area contributed by atoms with Gasteiger partial charge in [-0.3, -0.25) is 9.59 Å². The molecule has 0 fully saturated rings. The number of aliphatic hydroxyl groups is 2. The molecule has 2 aromatic rings. The van der Waals surface area contributed by atoms with Gasteiger partial charge in [0.25, 0.3) is 5.91 Å². The van der Waals surface area contributed by atoms with Gasteiger partial charge in [-0.15, -0.1) is 0 Å². The van der Waals surface area contributed by atoms with Crippen LogP contribution in [0.3, 0.4) is 0 Å². The van der Waals surface area contributed by atoms with E-state index in [0.717, 1.165) is 16.8 Å². The summed E-state index contributed by atoms with van der Waals surface area (Å²) in [5, 5.41) is 33.8. The molecule has 3 unspecified atom stereocenters. The molecule has 3 atom stereocenters. The molecule has 0 saturated heterocycles. The van der Waals surface area contributed by atoms with Crippen molar-refractivity contribution in [1.29, 1.82) is 0 Å². The molecule has 0 radical (unpaired) electrons. The van der Waals surface area contributed by atoms with Crippen LogP contribution in [0.25, 0.3) is 10.8 Å². The monoisotopic (exact) mass is 395 g/mol. The van der Waals surface area contributed by atoms with E-state index in [4.69, 9.17) is 28.3 Å². The quantitative estimate of drug-likeness (QED) is 0.597. The van der Waals surface area contributed by atoms with Crippen molar-refractivity contribution in [3.63, 3.8) is 0 Å². The number of hydrogen-bond acceptors (Lipinski definition) is 4. The van der Waals surface area contributed by atoms with E-state index < -0.39 is 36.0 Å². The van der Waals surface area contributed by atoms with Crippen LogP contribution in [-0.4, -0.2) is 39.0 Å². The van der Waals surface area contributed by atoms with E-state index in [1.807, 2.05) is 6.07 Å². The lowest BCUT2D eigenvalue weighted by Gasteiger charge is -2.36. The van der Waals surface area contributed by atoms with Crippen LogP contribution in [0.2, 0.25) is 5.02 Å². The number of fused-ring (bicyclic) bond motifs is 1. The van der Waals surface area contributed by atoms with Crippen LogP contribution in [0.4, 0.5) is 0 Å². The number of carbonyl (C=O) groups excluding carboxylic acids is 1. The second kappa shape index (κ2) is 6.89. The molecule has 0 heterocycles. The molecule has 136 valence electrons. The van der Waals surface area contributed by atoms with Gasteiger partial charge in [0.05, 0.1) is 17.1 Å². The first-order chi connectivity index (χ1) is 12.2. The van der Waals surface area contributed by atoms with Crippen molar-refractivity contribution in [2.75, 3.05) is 0 Å². The lowest BCUT2D eigenvalue weighted by molar-refractivity contribution is -0.148. The number of benzene rings is 2. The minimum Gasteiger partial charge on any atom is -0.481 e. The summed E-state index contributed by atoms with van der Waals surface area (Å²) in [4.78, 5) is 23.8. The predicted octanol–water partition coefficient (Wildman–Crippen LogP) is 2.50. The minimum atomic E-state index is -2.08. The third-order valence-electron chi connectivity index (χ3n) is 4.34. The number of rotatable bonds is 3. The maximum absolute atomic E-state index is 12.6. The zero-order valence-electron chi connectivity index (χ0n) is 13.3. The van der Waals surface area contributed by atoms with Gasteiger partial charge in [-0.1, -0.05) is 35.3 Å². The van der Waals surface area contributed by atoms with Crippen LogP contribution in [0.15, 0.2) is 47.5 Å². The molecule has 8 heteroatoms. The van der Waals surface area contributed by atoms with Gasteiger partial charge in [0.2, 0.25) is 0 Å². The molecule has 0 aliphatic heterocycles. The van der Waals surface area contributed by atoms with Crippen molar-refractivity contribution in [2.24, 2.45) is 5.92 Å². The molecule has 1 amide bonds. The second-order valence-corrected chi connectivity index (χ2v) is 7.02. The molecule has 0 bridgehead atoms. The molecule has 1 aliphatic carbocycles. The van der Waals surface area contributed by atoms with Crippen molar-refractivity contribution in [2.45, 2.75) is 18.2 Å². The standard InChI is InChI=1S/C18H15Cl2NO5/c19-12-4-3-9-1-2-10(5-11(9)6-12)16(23)21-18(26)8-13(17(24)25)14(22)7-15(18)20/h1-7,13-14,22,26H,8H2,(H,21,23)(H,24,25). The highest BCUT2D eigenvalue weighted by molar-refractivity contribution is 6.31. The Hall–Kier alpha value is -2.12. The second-order valence-electron chi connectivity index (χ2n) is 6.17. The third kappa shape index (κ3) is 3.54. The average molecular weight is 396 g/mol. The van der Waals surface area contributed by atoms with Gasteiger partial charge in [0.15, 0.2) is 5.72 Å². The maximum atomic E-state index is 12.6. The number of amides is 1. The van der Waals surface area contributed by atoms with Crippen LogP contribution in [0.5, 0.6) is 0 Å². The molecule has 0 spiro atoms. The highest BCUT2D eigenvalue weighted by atomic mass is 35.5. The van der Waals surface area contributed by atoms with E-state index in [2.05, 4.69) is 5.32 Å². The van der Waals surface area contributed by atoms with Crippen molar-refractivity contribution in [1.82, 2.24) is 5.32 Å². The number of hydrogen-bond donors (Lipinski definition) is 4. The first-order valence-corrected chi connectivity index (χ1v) is 8.48. The van der Waals surface area contributed by atoms with E-state index in [9.17, 15) is 19.8 Å². The summed E-state index contributed by atoms with van der Waals surface area (Å²) >= 11 is 11.9. The summed E-state index contributed by atoms with van der Waals surface area (Å²) in [5.41, 5.74) is -1.83. The Morgan fingerprint density at radius 1 is 1.12 bits per heavy atom. The Morgan fingerprint density at radius 3 is 2.50 bits per heavy atom. The summed E-state index contributed by atoms with van der Waals surface area (Å²) < 4.78 is 0. The molecule has 0 aromatic heterocycles. The highest BCUT2D eigenvalue weighted by Gasteiger charge is 2.44. The van der Waals surface area contributed by atoms with Crippen molar-refractivity contribution < 1.29 is 24.9 Å². The van der Waals surface area contributed by atoms with Crippen LogP contribution in [-0.2, 0) is 4.79 Å². The smallest absolute Gasteiger partial charge is 0.309 e. The summed E-state index contributed by atoms with van der Waals surface area (Å²) in [7, 11) is 0. The highest BCUT2D eigenvalue weighted by Crippen LogP contribution is 2.34. The first kappa shape index (κ1) is 18.7. The minimum absolute atomic E-state index is 0.236. The number of aliphatic hydroxyl groups excluding tert-OH is 1. The average Bonchev–Trinajstić information content (AvgIpc) is 2.57. The Labute approximate surface area is 158 Å². The molecule has 0 saturated carbocycles. The van der Waals surface area contributed by atoms with Gasteiger partial charge in [-0.2, -0.15) is 0 Å². The number of nitrogens with one attached hydrogen (secondary N) is 1. The third-order valence-corrected chi connectivity index (χ3v) is 5.02. The summed E-state index contributed by atoms with van der Waals surface area (Å²) in [6.07, 6.45) is -0.783. The van der Waals surface area contributed by atoms with E-state index >= 15 is 0 Å². The molecule has 4 N–H and O–H groups in total. The fourth-order valence-electron chi connectivity index (χ4n) is 2.90. The summed E-state index contributed by atoms with van der Waals surface area (Å²) in [6, 6.07) is 10.1. The first-order valence-electron chi connectivity index (χ1n) is 7.72. The predicted molar refractivity (Wildman–Crippen MR) is 97.1 cm³/mol. The Morgan fingerprint density at radius 2 is 1.81 bits per heavy atom. The molecule has 26 heavy (non-hydrogen) atoms. The SMILES string of the molecule is O=C(NC1(O)CC(C(=O)O)C(O)C=C1Cl)c1ccc2ccc(Cl)cc2c1. The van der Waals surface area contributed by atoms with Gasteiger partial charge < -0.3 is 20.6 Å². The van der Waals surface area contributed by atoms with Crippen LogP contribution < -0.4 is 5.32 Å². The number of carboxylic acid groups (broad SMARTS) is 1. The number of aliphatic carboxylic acids is 1. The Balaban J connectivity index is 1.89. The van der Waals surface area contributed by atoms with Gasteiger partial charge in [-0.05, 0) is 41.1 Å². The largest absolute Gasteiger partial charge is 0.481 e. The molecular formula is C18H15Cl2NO5. The molecule has 2 aromatic carbocycles. The lowest BCUT2D eigenvalue weighted by atomic mass is 9.85. The summed E-state index contributed by atoms with van der Waals surface area (Å²) in [5.74, 6) is -3.23. The van der Waals surface area contributed by atoms with Crippen LogP contribution in [0.1, 0.15) is 16.8 Å². The molecular weight excluding hydrogens is 381 g/mol. The van der Waals surface area contributed by atoms with E-state index in [1.54, 1.807) is 30.3 Å². The lowest BCUT2D eigenvalue weighted by Crippen LogP contribution is -2.54.